The second-order valence-electron chi connectivity index (χ2n) is 4.20. The van der Waals surface area contributed by atoms with Crippen molar-refractivity contribution in [1.82, 2.24) is 9.78 Å². The van der Waals surface area contributed by atoms with Crippen LogP contribution in [0.15, 0.2) is 24.4 Å². The number of carbonyl (C=O) groups is 1. The van der Waals surface area contributed by atoms with Gasteiger partial charge in [-0.05, 0) is 12.1 Å². The summed E-state index contributed by atoms with van der Waals surface area (Å²) >= 11 is 0. The number of hydrogen-bond acceptors (Lipinski definition) is 5. The van der Waals surface area contributed by atoms with E-state index in [-0.39, 0.29) is 5.82 Å². The van der Waals surface area contributed by atoms with Crippen LogP contribution in [0.3, 0.4) is 0 Å². The van der Waals surface area contributed by atoms with Crippen LogP contribution in [0, 0.1) is 11.3 Å². The van der Waals surface area contributed by atoms with Gasteiger partial charge in [-0.15, -0.1) is 0 Å². The van der Waals surface area contributed by atoms with E-state index in [4.69, 9.17) is 14.7 Å². The number of nitrogens with one attached hydrogen (secondary N) is 1. The van der Waals surface area contributed by atoms with Crippen LogP contribution in [0.4, 0.5) is 5.82 Å². The summed E-state index contributed by atoms with van der Waals surface area (Å²) in [6.07, 6.45) is 1.53. The molecular formula is C14H14N4O3. The maximum absolute atomic E-state index is 12.3. The summed E-state index contributed by atoms with van der Waals surface area (Å²) in [6, 6.07) is 6.82. The third-order valence-electron chi connectivity index (χ3n) is 2.83. The summed E-state index contributed by atoms with van der Waals surface area (Å²) in [5.41, 5.74) is 0.617. The molecule has 0 bridgehead atoms. The van der Waals surface area contributed by atoms with Crippen molar-refractivity contribution >= 4 is 11.7 Å². The van der Waals surface area contributed by atoms with Crippen LogP contribution in [-0.2, 0) is 7.05 Å². The Labute approximate surface area is 121 Å². The number of anilines is 1. The SMILES string of the molecule is COc1ccc(C(=O)Nc2nn(C)cc2C#N)c(OC)c1. The van der Waals surface area contributed by atoms with Crippen molar-refractivity contribution in [2.45, 2.75) is 0 Å². The van der Waals surface area contributed by atoms with Gasteiger partial charge in [0.2, 0.25) is 0 Å². The van der Waals surface area contributed by atoms with Crippen molar-refractivity contribution in [1.29, 1.82) is 5.26 Å². The Morgan fingerprint density at radius 1 is 1.38 bits per heavy atom. The number of methoxy groups -OCH3 is 2. The lowest BCUT2D eigenvalue weighted by atomic mass is 10.1. The fourth-order valence-corrected chi connectivity index (χ4v) is 1.82. The number of nitriles is 1. The highest BCUT2D eigenvalue weighted by Gasteiger charge is 2.16. The fourth-order valence-electron chi connectivity index (χ4n) is 1.82. The van der Waals surface area contributed by atoms with Crippen molar-refractivity contribution in [3.63, 3.8) is 0 Å². The molecule has 0 aliphatic carbocycles. The molecule has 7 heteroatoms. The molecule has 0 atom stereocenters. The number of nitrogens with zero attached hydrogens (tertiary/aromatic N) is 3. The van der Waals surface area contributed by atoms with E-state index in [9.17, 15) is 4.79 Å². The average molecular weight is 286 g/mol. The molecule has 21 heavy (non-hydrogen) atoms. The van der Waals surface area contributed by atoms with Crippen molar-refractivity contribution in [3.8, 4) is 17.6 Å². The van der Waals surface area contributed by atoms with Gasteiger partial charge in [0.1, 0.15) is 23.1 Å². The molecule has 1 amide bonds. The Hall–Kier alpha value is -3.01. The second kappa shape index (κ2) is 5.96. The molecule has 2 rings (SSSR count). The number of aromatic nitrogens is 2. The van der Waals surface area contributed by atoms with Crippen LogP contribution in [0.1, 0.15) is 15.9 Å². The summed E-state index contributed by atoms with van der Waals surface area (Å²) < 4.78 is 11.7. The fraction of sp³-hybridized carbons (Fsp3) is 0.214. The first-order valence-corrected chi connectivity index (χ1v) is 6.06. The lowest BCUT2D eigenvalue weighted by molar-refractivity contribution is 0.102. The topological polar surface area (TPSA) is 89.2 Å². The van der Waals surface area contributed by atoms with Crippen LogP contribution in [0.2, 0.25) is 0 Å². The molecule has 0 fully saturated rings. The smallest absolute Gasteiger partial charge is 0.260 e. The van der Waals surface area contributed by atoms with Crippen LogP contribution >= 0.6 is 0 Å². The van der Waals surface area contributed by atoms with Crippen molar-refractivity contribution in [2.75, 3.05) is 19.5 Å². The Morgan fingerprint density at radius 3 is 2.76 bits per heavy atom. The molecule has 0 saturated carbocycles. The summed E-state index contributed by atoms with van der Waals surface area (Å²) in [5, 5.41) is 15.6. The van der Waals surface area contributed by atoms with Gasteiger partial charge >= 0.3 is 0 Å². The first-order chi connectivity index (χ1) is 10.1. The van der Waals surface area contributed by atoms with Crippen LogP contribution in [0.25, 0.3) is 0 Å². The highest BCUT2D eigenvalue weighted by molar-refractivity contribution is 6.06. The lowest BCUT2D eigenvalue weighted by Gasteiger charge is -2.09. The van der Waals surface area contributed by atoms with Gasteiger partial charge in [-0.25, -0.2) is 0 Å². The first-order valence-electron chi connectivity index (χ1n) is 6.06. The van der Waals surface area contributed by atoms with Crippen molar-refractivity contribution < 1.29 is 14.3 Å². The number of hydrogen-bond donors (Lipinski definition) is 1. The molecule has 0 saturated heterocycles. The monoisotopic (exact) mass is 286 g/mol. The Bertz CT molecular complexity index is 715. The Balaban J connectivity index is 2.30. The lowest BCUT2D eigenvalue weighted by Crippen LogP contribution is -2.14. The van der Waals surface area contributed by atoms with Crippen LogP contribution < -0.4 is 14.8 Å². The van der Waals surface area contributed by atoms with Gasteiger partial charge in [-0.2, -0.15) is 10.4 Å². The predicted octanol–water partition coefficient (Wildman–Crippen LogP) is 1.56. The highest BCUT2D eigenvalue weighted by Crippen LogP contribution is 2.25. The van der Waals surface area contributed by atoms with E-state index >= 15 is 0 Å². The number of carbonyl (C=O) groups excluding carboxylic acids is 1. The molecule has 7 nitrogen and oxygen atoms in total. The summed E-state index contributed by atoms with van der Waals surface area (Å²) in [5.74, 6) is 0.757. The minimum Gasteiger partial charge on any atom is -0.497 e. The second-order valence-corrected chi connectivity index (χ2v) is 4.20. The van der Waals surface area contributed by atoms with Gasteiger partial charge in [-0.3, -0.25) is 9.48 Å². The van der Waals surface area contributed by atoms with E-state index < -0.39 is 5.91 Å². The molecule has 1 N–H and O–H groups in total. The van der Waals surface area contributed by atoms with Gasteiger partial charge in [0, 0.05) is 19.3 Å². The third kappa shape index (κ3) is 2.95. The Kier molecular flexibility index (Phi) is 4.09. The number of amides is 1. The zero-order valence-electron chi connectivity index (χ0n) is 11.9. The molecule has 0 radical (unpaired) electrons. The zero-order chi connectivity index (χ0) is 15.4. The van der Waals surface area contributed by atoms with Crippen molar-refractivity contribution in [3.05, 3.63) is 35.5 Å². The van der Waals surface area contributed by atoms with Gasteiger partial charge in [0.25, 0.3) is 5.91 Å². The molecule has 0 aliphatic heterocycles. The molecule has 1 aromatic heterocycles. The molecule has 1 heterocycles. The molecule has 0 unspecified atom stereocenters. The molecular weight excluding hydrogens is 272 g/mol. The van der Waals surface area contributed by atoms with Gasteiger partial charge in [0.15, 0.2) is 5.82 Å². The van der Waals surface area contributed by atoms with E-state index in [1.807, 2.05) is 6.07 Å². The number of aryl methyl sites for hydroxylation is 1. The maximum atomic E-state index is 12.3. The van der Waals surface area contributed by atoms with Gasteiger partial charge in [0.05, 0.1) is 19.8 Å². The standard InChI is InChI=1S/C14H14N4O3/c1-18-8-9(7-15)13(17-18)16-14(19)11-5-4-10(20-2)6-12(11)21-3/h4-6,8H,1-3H3,(H,16,17,19). The summed E-state index contributed by atoms with van der Waals surface area (Å²) in [6.45, 7) is 0. The molecule has 0 spiro atoms. The first kappa shape index (κ1) is 14.4. The largest absolute Gasteiger partial charge is 0.497 e. The van der Waals surface area contributed by atoms with Crippen LogP contribution in [0.5, 0.6) is 11.5 Å². The molecule has 0 aliphatic rings. The summed E-state index contributed by atoms with van der Waals surface area (Å²) in [7, 11) is 4.67. The van der Waals surface area contributed by atoms with E-state index in [1.54, 1.807) is 25.2 Å². The zero-order valence-corrected chi connectivity index (χ0v) is 11.9. The normalized spacial score (nSPS) is 9.81. The minimum atomic E-state index is -0.412. The van der Waals surface area contributed by atoms with E-state index in [1.165, 1.54) is 25.1 Å². The van der Waals surface area contributed by atoms with E-state index in [0.717, 1.165) is 0 Å². The molecule has 2 aromatic rings. The predicted molar refractivity (Wildman–Crippen MR) is 75.4 cm³/mol. The average Bonchev–Trinajstić information content (AvgIpc) is 2.86. The van der Waals surface area contributed by atoms with Crippen LogP contribution in [-0.4, -0.2) is 29.9 Å². The van der Waals surface area contributed by atoms with E-state index in [2.05, 4.69) is 10.4 Å². The summed E-state index contributed by atoms with van der Waals surface area (Å²) in [4.78, 5) is 12.3. The molecule has 108 valence electrons. The number of ether oxygens (including phenoxy) is 2. The van der Waals surface area contributed by atoms with Gasteiger partial charge < -0.3 is 14.8 Å². The third-order valence-corrected chi connectivity index (χ3v) is 2.83. The Morgan fingerprint density at radius 2 is 2.14 bits per heavy atom. The highest BCUT2D eigenvalue weighted by atomic mass is 16.5. The van der Waals surface area contributed by atoms with Crippen molar-refractivity contribution in [2.24, 2.45) is 7.05 Å². The molecule has 1 aromatic carbocycles. The van der Waals surface area contributed by atoms with E-state index in [0.29, 0.717) is 22.6 Å². The number of rotatable bonds is 4. The quantitative estimate of drug-likeness (QED) is 0.921. The maximum Gasteiger partial charge on any atom is 0.260 e. The minimum absolute atomic E-state index is 0.211. The number of benzene rings is 1. The van der Waals surface area contributed by atoms with Gasteiger partial charge in [-0.1, -0.05) is 0 Å².